The molecular formula is C25H32N4O4S. The zero-order chi connectivity index (χ0) is 24.0. The highest BCUT2D eigenvalue weighted by atomic mass is 32.2. The minimum absolute atomic E-state index is 0.105. The average Bonchev–Trinajstić information content (AvgIpc) is 3.20. The van der Waals surface area contributed by atoms with Crippen LogP contribution in [0.25, 0.3) is 0 Å². The number of piperazine rings is 1. The van der Waals surface area contributed by atoms with Crippen molar-refractivity contribution in [3.05, 3.63) is 65.7 Å². The van der Waals surface area contributed by atoms with Gasteiger partial charge in [0.05, 0.1) is 29.3 Å². The van der Waals surface area contributed by atoms with Crippen LogP contribution in [0.15, 0.2) is 54.6 Å². The lowest BCUT2D eigenvalue weighted by molar-refractivity contribution is -0.117. The first-order valence-corrected chi connectivity index (χ1v) is 13.6. The van der Waals surface area contributed by atoms with Gasteiger partial charge in [-0.15, -0.1) is 0 Å². The Bertz CT molecular complexity index is 1100. The molecule has 0 saturated carbocycles. The molecule has 2 fully saturated rings. The van der Waals surface area contributed by atoms with Crippen molar-refractivity contribution >= 4 is 27.3 Å². The van der Waals surface area contributed by atoms with Gasteiger partial charge in [0.1, 0.15) is 0 Å². The van der Waals surface area contributed by atoms with Crippen LogP contribution in [0, 0.1) is 0 Å². The molecule has 0 radical (unpaired) electrons. The maximum atomic E-state index is 12.7. The van der Waals surface area contributed by atoms with Gasteiger partial charge < -0.3 is 10.6 Å². The molecule has 2 saturated heterocycles. The summed E-state index contributed by atoms with van der Waals surface area (Å²) in [6.07, 6.45) is 1.44. The predicted octanol–water partition coefficient (Wildman–Crippen LogP) is 1.40. The average molecular weight is 485 g/mol. The Morgan fingerprint density at radius 3 is 2.35 bits per heavy atom. The zero-order valence-electron chi connectivity index (χ0n) is 19.3. The van der Waals surface area contributed by atoms with Crippen molar-refractivity contribution in [1.29, 1.82) is 0 Å². The van der Waals surface area contributed by atoms with Crippen molar-refractivity contribution < 1.29 is 18.0 Å². The first-order valence-electron chi connectivity index (χ1n) is 11.8. The highest BCUT2D eigenvalue weighted by molar-refractivity contribution is 7.91. The van der Waals surface area contributed by atoms with Crippen LogP contribution in [0.4, 0.5) is 5.69 Å². The lowest BCUT2D eigenvalue weighted by atomic mass is 10.1. The topological polar surface area (TPSA) is 98.8 Å². The number of sulfone groups is 1. The van der Waals surface area contributed by atoms with E-state index in [9.17, 15) is 18.0 Å². The lowest BCUT2D eigenvalue weighted by Crippen LogP contribution is -2.52. The summed E-state index contributed by atoms with van der Waals surface area (Å²) in [5.41, 5.74) is 2.09. The summed E-state index contributed by atoms with van der Waals surface area (Å²) in [7, 11) is -2.90. The normalized spacial score (nSPS) is 20.6. The molecule has 0 spiro atoms. The van der Waals surface area contributed by atoms with Gasteiger partial charge in [-0.3, -0.25) is 19.4 Å². The van der Waals surface area contributed by atoms with Crippen molar-refractivity contribution in [3.8, 4) is 0 Å². The maximum Gasteiger partial charge on any atom is 0.253 e. The molecule has 2 aromatic rings. The Morgan fingerprint density at radius 1 is 0.941 bits per heavy atom. The van der Waals surface area contributed by atoms with Crippen LogP contribution in [0.1, 0.15) is 22.3 Å². The molecule has 2 aliphatic heterocycles. The molecule has 0 aromatic heterocycles. The van der Waals surface area contributed by atoms with E-state index in [1.54, 1.807) is 24.3 Å². The van der Waals surface area contributed by atoms with E-state index in [2.05, 4.69) is 20.4 Å². The smallest absolute Gasteiger partial charge is 0.253 e. The molecule has 0 bridgehead atoms. The summed E-state index contributed by atoms with van der Waals surface area (Å²) in [4.78, 5) is 29.7. The Kier molecular flexibility index (Phi) is 7.97. The van der Waals surface area contributed by atoms with Gasteiger partial charge in [0, 0.05) is 38.8 Å². The maximum absolute atomic E-state index is 12.7. The summed E-state index contributed by atoms with van der Waals surface area (Å²) in [5.74, 6) is 0.144. The Balaban J connectivity index is 1.24. The molecule has 0 unspecified atom stereocenters. The number of benzene rings is 2. The third-order valence-corrected chi connectivity index (χ3v) is 8.24. The van der Waals surface area contributed by atoms with Gasteiger partial charge >= 0.3 is 0 Å². The predicted molar refractivity (Wildman–Crippen MR) is 133 cm³/mol. The van der Waals surface area contributed by atoms with Gasteiger partial charge in [-0.2, -0.15) is 0 Å². The molecule has 2 N–H and O–H groups in total. The molecule has 1 atom stereocenters. The second-order valence-electron chi connectivity index (χ2n) is 8.95. The van der Waals surface area contributed by atoms with E-state index in [1.807, 2.05) is 30.3 Å². The van der Waals surface area contributed by atoms with Crippen LogP contribution < -0.4 is 10.6 Å². The Hall–Kier alpha value is -2.75. The SMILES string of the molecule is O=C(CN1CCN([C@@H]2CCS(=O)(=O)C2)CC1)Nc1ccccc1C(=O)NCCc1ccccc1. The van der Waals surface area contributed by atoms with Gasteiger partial charge in [0.15, 0.2) is 9.84 Å². The summed E-state index contributed by atoms with van der Waals surface area (Å²) in [5, 5.41) is 5.82. The van der Waals surface area contributed by atoms with E-state index in [-0.39, 0.29) is 35.9 Å². The van der Waals surface area contributed by atoms with Crippen LogP contribution in [0.5, 0.6) is 0 Å². The number of anilines is 1. The van der Waals surface area contributed by atoms with Gasteiger partial charge in [0.25, 0.3) is 5.91 Å². The number of para-hydroxylation sites is 1. The number of hydrogen-bond acceptors (Lipinski definition) is 6. The van der Waals surface area contributed by atoms with E-state index in [0.717, 1.165) is 25.1 Å². The summed E-state index contributed by atoms with van der Waals surface area (Å²) in [6.45, 7) is 3.69. The van der Waals surface area contributed by atoms with Gasteiger partial charge in [-0.05, 0) is 30.5 Å². The second-order valence-corrected chi connectivity index (χ2v) is 11.2. The number of carbonyl (C=O) groups excluding carboxylic acids is 2. The van der Waals surface area contributed by atoms with Crippen LogP contribution in [-0.2, 0) is 21.1 Å². The fraction of sp³-hybridized carbons (Fsp3) is 0.440. The zero-order valence-corrected chi connectivity index (χ0v) is 20.1. The van der Waals surface area contributed by atoms with Gasteiger partial charge in [-0.1, -0.05) is 42.5 Å². The van der Waals surface area contributed by atoms with Crippen molar-refractivity contribution in [1.82, 2.24) is 15.1 Å². The number of rotatable bonds is 8. The second kappa shape index (κ2) is 11.1. The van der Waals surface area contributed by atoms with Crippen LogP contribution >= 0.6 is 0 Å². The Labute approximate surface area is 201 Å². The number of nitrogens with zero attached hydrogens (tertiary/aromatic N) is 2. The molecule has 4 rings (SSSR count). The van der Waals surface area contributed by atoms with Crippen LogP contribution in [0.3, 0.4) is 0 Å². The van der Waals surface area contributed by atoms with Gasteiger partial charge in [-0.25, -0.2) is 8.42 Å². The van der Waals surface area contributed by atoms with Crippen LogP contribution in [0.2, 0.25) is 0 Å². The van der Waals surface area contributed by atoms with E-state index in [1.165, 1.54) is 0 Å². The standard InChI is InChI=1S/C25H32N4O4S/c30-24(18-28-13-15-29(16-14-28)21-11-17-34(32,33)19-21)27-23-9-5-4-8-22(23)25(31)26-12-10-20-6-2-1-3-7-20/h1-9,21H,10-19H2,(H,26,31)(H,27,30)/t21-/m1/s1. The first kappa shape index (κ1) is 24.4. The monoisotopic (exact) mass is 484 g/mol. The third kappa shape index (κ3) is 6.65. The first-order chi connectivity index (χ1) is 16.4. The molecule has 9 heteroatoms. The largest absolute Gasteiger partial charge is 0.352 e. The van der Waals surface area contributed by atoms with Crippen molar-refractivity contribution in [2.24, 2.45) is 0 Å². The van der Waals surface area contributed by atoms with E-state index < -0.39 is 9.84 Å². The van der Waals surface area contributed by atoms with E-state index >= 15 is 0 Å². The summed E-state index contributed by atoms with van der Waals surface area (Å²) < 4.78 is 23.5. The van der Waals surface area contributed by atoms with Gasteiger partial charge in [0.2, 0.25) is 5.91 Å². The molecule has 34 heavy (non-hydrogen) atoms. The number of carbonyl (C=O) groups is 2. The highest BCUT2D eigenvalue weighted by Crippen LogP contribution is 2.19. The molecule has 2 aliphatic rings. The fourth-order valence-corrected chi connectivity index (χ4v) is 6.35. The minimum Gasteiger partial charge on any atom is -0.352 e. The van der Waals surface area contributed by atoms with Crippen molar-refractivity contribution in [2.75, 3.05) is 56.1 Å². The van der Waals surface area contributed by atoms with E-state index in [0.29, 0.717) is 37.3 Å². The molecule has 2 amide bonds. The minimum atomic E-state index is -2.90. The fourth-order valence-electron chi connectivity index (χ4n) is 4.59. The molecule has 182 valence electrons. The Morgan fingerprint density at radius 2 is 1.65 bits per heavy atom. The summed E-state index contributed by atoms with van der Waals surface area (Å²) >= 11 is 0. The molecular weight excluding hydrogens is 452 g/mol. The number of amides is 2. The molecule has 0 aliphatic carbocycles. The molecule has 2 aromatic carbocycles. The van der Waals surface area contributed by atoms with Crippen molar-refractivity contribution in [3.63, 3.8) is 0 Å². The summed E-state index contributed by atoms with van der Waals surface area (Å²) in [6, 6.07) is 17.1. The molecule has 8 nitrogen and oxygen atoms in total. The van der Waals surface area contributed by atoms with E-state index in [4.69, 9.17) is 0 Å². The number of nitrogens with one attached hydrogen (secondary N) is 2. The third-order valence-electron chi connectivity index (χ3n) is 6.49. The molecule has 2 heterocycles. The van der Waals surface area contributed by atoms with Crippen LogP contribution in [-0.4, -0.2) is 86.8 Å². The number of hydrogen-bond donors (Lipinski definition) is 2. The highest BCUT2D eigenvalue weighted by Gasteiger charge is 2.33. The van der Waals surface area contributed by atoms with Crippen molar-refractivity contribution in [2.45, 2.75) is 18.9 Å². The quantitative estimate of drug-likeness (QED) is 0.588. The lowest BCUT2D eigenvalue weighted by Gasteiger charge is -2.37.